The number of rotatable bonds is 3. The van der Waals surface area contributed by atoms with Gasteiger partial charge in [0.25, 0.3) is 0 Å². The van der Waals surface area contributed by atoms with Crippen LogP contribution in [0.15, 0.2) is 30.5 Å². The van der Waals surface area contributed by atoms with Gasteiger partial charge in [-0.1, -0.05) is 18.2 Å². The summed E-state index contributed by atoms with van der Waals surface area (Å²) in [6.45, 7) is 1.60. The van der Waals surface area contributed by atoms with Gasteiger partial charge in [-0.05, 0) is 30.9 Å². The first-order chi connectivity index (χ1) is 12.1. The summed E-state index contributed by atoms with van der Waals surface area (Å²) in [5.41, 5.74) is 2.08. The number of hydrogen-bond donors (Lipinski definition) is 2. The second kappa shape index (κ2) is 6.52. The number of nitrogens with one attached hydrogen (secondary N) is 1. The van der Waals surface area contributed by atoms with Crippen molar-refractivity contribution in [1.82, 2.24) is 14.8 Å². The number of carbonyl (C=O) groups excluding carboxylic acids is 2. The fourth-order valence-electron chi connectivity index (χ4n) is 3.93. The van der Waals surface area contributed by atoms with Crippen LogP contribution in [0.1, 0.15) is 31.2 Å². The summed E-state index contributed by atoms with van der Waals surface area (Å²) in [5, 5.41) is 10.7. The first-order valence-corrected chi connectivity index (χ1v) is 8.95. The van der Waals surface area contributed by atoms with Crippen molar-refractivity contribution in [2.24, 2.45) is 0 Å². The number of nitrogens with zero attached hydrogens (tertiary/aromatic N) is 2. The Labute approximate surface area is 146 Å². The molecule has 2 amide bonds. The first-order valence-electron chi connectivity index (χ1n) is 8.95. The lowest BCUT2D eigenvalue weighted by atomic mass is 10.1. The number of aromatic nitrogens is 1. The van der Waals surface area contributed by atoms with Crippen molar-refractivity contribution in [3.63, 3.8) is 0 Å². The van der Waals surface area contributed by atoms with E-state index in [1.165, 1.54) is 0 Å². The summed E-state index contributed by atoms with van der Waals surface area (Å²) >= 11 is 0. The lowest BCUT2D eigenvalue weighted by molar-refractivity contribution is -0.143. The van der Waals surface area contributed by atoms with E-state index >= 15 is 0 Å². The van der Waals surface area contributed by atoms with Gasteiger partial charge in [-0.25, -0.2) is 0 Å². The molecule has 4 rings (SSSR count). The zero-order valence-corrected chi connectivity index (χ0v) is 14.1. The van der Waals surface area contributed by atoms with Crippen molar-refractivity contribution in [1.29, 1.82) is 0 Å². The predicted octanol–water partition coefficient (Wildman–Crippen LogP) is 1.64. The lowest BCUT2D eigenvalue weighted by Gasteiger charge is -2.34. The molecule has 2 aliphatic heterocycles. The highest BCUT2D eigenvalue weighted by Crippen LogP contribution is 2.27. The molecule has 0 saturated carbocycles. The van der Waals surface area contributed by atoms with Gasteiger partial charge >= 0.3 is 0 Å². The molecule has 25 heavy (non-hydrogen) atoms. The lowest BCUT2D eigenvalue weighted by Crippen LogP contribution is -2.49. The summed E-state index contributed by atoms with van der Waals surface area (Å²) in [7, 11) is 0. The van der Waals surface area contributed by atoms with Gasteiger partial charge in [-0.2, -0.15) is 0 Å². The van der Waals surface area contributed by atoms with E-state index in [0.717, 1.165) is 16.5 Å². The molecule has 2 saturated heterocycles. The van der Waals surface area contributed by atoms with Crippen molar-refractivity contribution in [3.05, 3.63) is 36.0 Å². The number of fused-ring (bicyclic) bond motifs is 1. The molecule has 6 nitrogen and oxygen atoms in total. The zero-order chi connectivity index (χ0) is 17.4. The molecule has 0 bridgehead atoms. The largest absolute Gasteiger partial charge is 0.393 e. The molecule has 3 heterocycles. The topological polar surface area (TPSA) is 76.6 Å². The van der Waals surface area contributed by atoms with Crippen LogP contribution < -0.4 is 0 Å². The summed E-state index contributed by atoms with van der Waals surface area (Å²) < 4.78 is 0. The maximum Gasteiger partial charge on any atom is 0.245 e. The summed E-state index contributed by atoms with van der Waals surface area (Å²) in [6.07, 6.45) is 3.86. The van der Waals surface area contributed by atoms with Crippen molar-refractivity contribution >= 4 is 22.7 Å². The molecular formula is C19H23N3O3. The van der Waals surface area contributed by atoms with E-state index < -0.39 is 0 Å². The number of para-hydroxylation sites is 1. The number of carbonyl (C=O) groups is 2. The number of aliphatic hydroxyl groups is 1. The average molecular weight is 341 g/mol. The van der Waals surface area contributed by atoms with Gasteiger partial charge in [-0.3, -0.25) is 9.59 Å². The second-order valence-corrected chi connectivity index (χ2v) is 6.99. The molecule has 0 spiro atoms. The van der Waals surface area contributed by atoms with Crippen LogP contribution in [0.4, 0.5) is 0 Å². The highest BCUT2D eigenvalue weighted by molar-refractivity contribution is 5.91. The Morgan fingerprint density at radius 3 is 2.76 bits per heavy atom. The fourth-order valence-corrected chi connectivity index (χ4v) is 3.93. The molecule has 2 N–H and O–H groups in total. The Bertz CT molecular complexity index is 792. The van der Waals surface area contributed by atoms with Gasteiger partial charge in [-0.15, -0.1) is 0 Å². The summed E-state index contributed by atoms with van der Waals surface area (Å²) in [5.74, 6) is 0.0678. The van der Waals surface area contributed by atoms with Gasteiger partial charge in [0.1, 0.15) is 6.04 Å². The van der Waals surface area contributed by atoms with Crippen LogP contribution in [0.5, 0.6) is 0 Å². The van der Waals surface area contributed by atoms with Crippen molar-refractivity contribution in [2.75, 3.05) is 13.1 Å². The van der Waals surface area contributed by atoms with E-state index in [4.69, 9.17) is 0 Å². The molecule has 6 heteroatoms. The molecule has 1 unspecified atom stereocenters. The molecule has 2 aromatic rings. The maximum atomic E-state index is 12.9. The van der Waals surface area contributed by atoms with Crippen LogP contribution in [-0.2, 0) is 16.1 Å². The predicted molar refractivity (Wildman–Crippen MR) is 93.7 cm³/mol. The number of likely N-dealkylation sites (tertiary alicyclic amines) is 2. The number of hydrogen-bond acceptors (Lipinski definition) is 3. The molecular weight excluding hydrogens is 318 g/mol. The van der Waals surface area contributed by atoms with E-state index in [1.54, 1.807) is 9.80 Å². The number of aliphatic hydroxyl groups excluding tert-OH is 1. The van der Waals surface area contributed by atoms with Gasteiger partial charge < -0.3 is 19.9 Å². The molecule has 132 valence electrons. The minimum absolute atomic E-state index is 0.0255. The van der Waals surface area contributed by atoms with Gasteiger partial charge in [0.2, 0.25) is 11.8 Å². The number of piperidine rings is 1. The number of aromatic amines is 1. The number of benzene rings is 1. The fraction of sp³-hybridized carbons (Fsp3) is 0.474. The van der Waals surface area contributed by atoms with Crippen LogP contribution in [0.2, 0.25) is 0 Å². The van der Waals surface area contributed by atoms with Crippen molar-refractivity contribution < 1.29 is 14.7 Å². The van der Waals surface area contributed by atoms with E-state index in [9.17, 15) is 14.7 Å². The van der Waals surface area contributed by atoms with Crippen LogP contribution in [0.25, 0.3) is 10.9 Å². The van der Waals surface area contributed by atoms with E-state index in [0.29, 0.717) is 45.3 Å². The molecule has 2 aliphatic rings. The molecule has 1 aromatic heterocycles. The Balaban J connectivity index is 1.53. The second-order valence-electron chi connectivity index (χ2n) is 6.99. The minimum atomic E-state index is -0.378. The van der Waals surface area contributed by atoms with Crippen molar-refractivity contribution in [3.8, 4) is 0 Å². The SMILES string of the molecule is O=C(C1CCC(=O)N1Cc1c[nH]c2ccccc12)N1CCC(O)CC1. The average Bonchev–Trinajstić information content (AvgIpc) is 3.20. The van der Waals surface area contributed by atoms with Crippen LogP contribution in [0.3, 0.4) is 0 Å². The Morgan fingerprint density at radius 2 is 1.96 bits per heavy atom. The van der Waals surface area contributed by atoms with Crippen LogP contribution in [-0.4, -0.2) is 56.9 Å². The van der Waals surface area contributed by atoms with Crippen LogP contribution in [0, 0.1) is 0 Å². The third kappa shape index (κ3) is 3.02. The highest BCUT2D eigenvalue weighted by Gasteiger charge is 2.39. The zero-order valence-electron chi connectivity index (χ0n) is 14.1. The van der Waals surface area contributed by atoms with Crippen molar-refractivity contribution in [2.45, 2.75) is 44.4 Å². The standard InChI is InChI=1S/C19H23N3O3/c23-14-7-9-21(10-8-14)19(25)17-5-6-18(24)22(17)12-13-11-20-16-4-2-1-3-15(13)16/h1-4,11,14,17,20,23H,5-10,12H2. The summed E-state index contributed by atoms with van der Waals surface area (Å²) in [4.78, 5) is 32.0. The first kappa shape index (κ1) is 16.1. The van der Waals surface area contributed by atoms with Crippen LogP contribution >= 0.6 is 0 Å². The van der Waals surface area contributed by atoms with Gasteiger partial charge in [0.15, 0.2) is 0 Å². The minimum Gasteiger partial charge on any atom is -0.393 e. The monoisotopic (exact) mass is 341 g/mol. The number of amides is 2. The Kier molecular flexibility index (Phi) is 4.21. The third-order valence-corrected chi connectivity index (χ3v) is 5.41. The Hall–Kier alpha value is -2.34. The Morgan fingerprint density at radius 1 is 1.20 bits per heavy atom. The molecule has 1 atom stereocenters. The third-order valence-electron chi connectivity index (χ3n) is 5.41. The maximum absolute atomic E-state index is 12.9. The number of H-pyrrole nitrogens is 1. The van der Waals surface area contributed by atoms with Gasteiger partial charge in [0, 0.05) is 43.2 Å². The molecule has 2 fully saturated rings. The quantitative estimate of drug-likeness (QED) is 0.891. The highest BCUT2D eigenvalue weighted by atomic mass is 16.3. The smallest absolute Gasteiger partial charge is 0.245 e. The molecule has 1 aromatic carbocycles. The molecule has 0 aliphatic carbocycles. The van der Waals surface area contributed by atoms with E-state index in [1.807, 2.05) is 30.5 Å². The van der Waals surface area contributed by atoms with E-state index in [2.05, 4.69) is 4.98 Å². The molecule has 0 radical (unpaired) electrons. The summed E-state index contributed by atoms with van der Waals surface area (Å²) in [6, 6.07) is 7.61. The van der Waals surface area contributed by atoms with Gasteiger partial charge in [0.05, 0.1) is 6.10 Å². The van der Waals surface area contributed by atoms with E-state index in [-0.39, 0.29) is 24.0 Å². The normalized spacial score (nSPS) is 22.1.